The molecule has 120 valence electrons. The van der Waals surface area contributed by atoms with Crippen molar-refractivity contribution in [3.63, 3.8) is 0 Å². The quantitative estimate of drug-likeness (QED) is 0.748. The molecule has 0 aliphatic heterocycles. The summed E-state index contributed by atoms with van der Waals surface area (Å²) in [5.74, 6) is -2.03. The van der Waals surface area contributed by atoms with E-state index >= 15 is 0 Å². The highest BCUT2D eigenvalue weighted by atomic mass is 16.3. The molecule has 0 atom stereocenters. The number of rotatable bonds is 3. The molecule has 0 bridgehead atoms. The maximum Gasteiger partial charge on any atom is 0.198 e. The van der Waals surface area contributed by atoms with Crippen LogP contribution in [-0.4, -0.2) is 28.2 Å². The zero-order valence-corrected chi connectivity index (χ0v) is 13.2. The molecule has 0 amide bonds. The molecule has 2 aromatic rings. The van der Waals surface area contributed by atoms with E-state index in [1.165, 1.54) is 32.0 Å². The smallest absolute Gasteiger partial charge is 0.198 e. The molecule has 0 saturated heterocycles. The van der Waals surface area contributed by atoms with Gasteiger partial charge >= 0.3 is 0 Å². The predicted molar refractivity (Wildman–Crippen MR) is 85.8 cm³/mol. The van der Waals surface area contributed by atoms with Crippen molar-refractivity contribution in [2.75, 3.05) is 0 Å². The third-order valence-corrected chi connectivity index (χ3v) is 4.05. The van der Waals surface area contributed by atoms with Gasteiger partial charge in [0.15, 0.2) is 17.3 Å². The van der Waals surface area contributed by atoms with Crippen LogP contribution in [0.25, 0.3) is 0 Å². The van der Waals surface area contributed by atoms with Gasteiger partial charge in [-0.3, -0.25) is 19.2 Å². The Hall–Kier alpha value is -3.08. The van der Waals surface area contributed by atoms with E-state index in [0.717, 1.165) is 0 Å². The third-order valence-electron chi connectivity index (χ3n) is 4.05. The second-order valence-corrected chi connectivity index (χ2v) is 5.82. The second kappa shape index (κ2) is 5.53. The number of ketones is 4. The summed E-state index contributed by atoms with van der Waals surface area (Å²) in [7, 11) is 0. The number of phenols is 1. The van der Waals surface area contributed by atoms with Gasteiger partial charge in [0.1, 0.15) is 11.5 Å². The van der Waals surface area contributed by atoms with E-state index in [4.69, 9.17) is 0 Å². The molecule has 1 aliphatic carbocycles. The Balaban J connectivity index is 2.39. The number of Topliss-reactive ketones (excluding diaryl/α,β-unsaturated/α-hetero) is 2. The molecule has 1 N–H and O–H groups in total. The molecule has 0 spiro atoms. The van der Waals surface area contributed by atoms with E-state index in [-0.39, 0.29) is 51.3 Å². The number of phenolic OH excluding ortho intramolecular Hbond substituents is 1. The first kappa shape index (κ1) is 15.8. The van der Waals surface area contributed by atoms with E-state index in [2.05, 4.69) is 0 Å². The van der Waals surface area contributed by atoms with Gasteiger partial charge in [0.05, 0.1) is 5.56 Å². The van der Waals surface area contributed by atoms with Crippen LogP contribution < -0.4 is 0 Å². The number of fused-ring (bicyclic) bond motifs is 2. The first-order valence-corrected chi connectivity index (χ1v) is 7.40. The molecule has 2 aromatic carbocycles. The van der Waals surface area contributed by atoms with E-state index in [1.807, 2.05) is 0 Å². The average molecular weight is 322 g/mol. The van der Waals surface area contributed by atoms with Crippen LogP contribution in [0.15, 0.2) is 30.3 Å². The van der Waals surface area contributed by atoms with Crippen molar-refractivity contribution in [3.05, 3.63) is 63.7 Å². The summed E-state index contributed by atoms with van der Waals surface area (Å²) < 4.78 is 0. The molecular formula is C19H14O5. The van der Waals surface area contributed by atoms with Crippen LogP contribution in [0.4, 0.5) is 0 Å². The number of aromatic hydroxyl groups is 1. The van der Waals surface area contributed by atoms with Gasteiger partial charge in [0, 0.05) is 28.7 Å². The first-order chi connectivity index (χ1) is 11.3. The minimum Gasteiger partial charge on any atom is -0.507 e. The number of hydrogen-bond donors (Lipinski definition) is 1. The summed E-state index contributed by atoms with van der Waals surface area (Å²) in [5.41, 5.74) is 0.396. The lowest BCUT2D eigenvalue weighted by Crippen LogP contribution is -2.25. The molecule has 0 aromatic heterocycles. The third kappa shape index (κ3) is 2.25. The second-order valence-electron chi connectivity index (χ2n) is 5.82. The summed E-state index contributed by atoms with van der Waals surface area (Å²) in [6, 6.07) is 7.51. The van der Waals surface area contributed by atoms with Crippen LogP contribution in [-0.2, 0) is 11.2 Å². The number of benzene rings is 2. The van der Waals surface area contributed by atoms with E-state index in [0.29, 0.717) is 0 Å². The van der Waals surface area contributed by atoms with Gasteiger partial charge in [-0.05, 0) is 25.5 Å². The fourth-order valence-corrected chi connectivity index (χ4v) is 3.14. The van der Waals surface area contributed by atoms with Gasteiger partial charge in [-0.1, -0.05) is 24.3 Å². The Bertz CT molecular complexity index is 937. The van der Waals surface area contributed by atoms with Crippen LogP contribution >= 0.6 is 0 Å². The molecule has 3 rings (SSSR count). The van der Waals surface area contributed by atoms with Crippen molar-refractivity contribution in [3.8, 4) is 5.75 Å². The van der Waals surface area contributed by atoms with E-state index < -0.39 is 17.3 Å². The molecule has 0 radical (unpaired) electrons. The molecule has 0 unspecified atom stereocenters. The first-order valence-electron chi connectivity index (χ1n) is 7.40. The van der Waals surface area contributed by atoms with Gasteiger partial charge in [-0.2, -0.15) is 0 Å². The van der Waals surface area contributed by atoms with Crippen molar-refractivity contribution in [1.82, 2.24) is 0 Å². The van der Waals surface area contributed by atoms with Gasteiger partial charge in [0.2, 0.25) is 0 Å². The zero-order valence-electron chi connectivity index (χ0n) is 13.2. The lowest BCUT2D eigenvalue weighted by Gasteiger charge is -2.22. The van der Waals surface area contributed by atoms with Crippen molar-refractivity contribution < 1.29 is 24.3 Å². The number of carbonyl (C=O) groups excluding carboxylic acids is 4. The minimum atomic E-state index is -0.505. The molecule has 0 heterocycles. The highest BCUT2D eigenvalue weighted by molar-refractivity contribution is 6.32. The van der Waals surface area contributed by atoms with Crippen LogP contribution in [0.3, 0.4) is 0 Å². The molecule has 1 aliphatic rings. The fraction of sp³-hybridized carbons (Fsp3) is 0.158. The highest BCUT2D eigenvalue weighted by Gasteiger charge is 2.36. The van der Waals surface area contributed by atoms with Crippen molar-refractivity contribution >= 4 is 23.1 Å². The topological polar surface area (TPSA) is 88.5 Å². The largest absolute Gasteiger partial charge is 0.507 e. The van der Waals surface area contributed by atoms with Crippen LogP contribution in [0.1, 0.15) is 61.6 Å². The molecule has 0 fully saturated rings. The van der Waals surface area contributed by atoms with Gasteiger partial charge in [-0.15, -0.1) is 0 Å². The van der Waals surface area contributed by atoms with Crippen LogP contribution in [0.5, 0.6) is 5.75 Å². The minimum absolute atomic E-state index is 0.0332. The van der Waals surface area contributed by atoms with Crippen molar-refractivity contribution in [2.24, 2.45) is 0 Å². The van der Waals surface area contributed by atoms with Gasteiger partial charge in [-0.25, -0.2) is 0 Å². The molecular weight excluding hydrogens is 308 g/mol. The van der Waals surface area contributed by atoms with Crippen LogP contribution in [0, 0.1) is 0 Å². The Morgan fingerprint density at radius 1 is 0.958 bits per heavy atom. The average Bonchev–Trinajstić information content (AvgIpc) is 2.51. The predicted octanol–water partition coefficient (Wildman–Crippen LogP) is 2.50. The Morgan fingerprint density at radius 3 is 2.00 bits per heavy atom. The molecule has 0 saturated carbocycles. The van der Waals surface area contributed by atoms with Gasteiger partial charge in [0.25, 0.3) is 0 Å². The summed E-state index contributed by atoms with van der Waals surface area (Å²) in [5, 5.41) is 10.3. The zero-order chi connectivity index (χ0) is 17.6. The maximum atomic E-state index is 12.9. The van der Waals surface area contributed by atoms with E-state index in [9.17, 15) is 24.3 Å². The summed E-state index contributed by atoms with van der Waals surface area (Å²) in [6.45, 7) is 2.62. The maximum absolute atomic E-state index is 12.9. The van der Waals surface area contributed by atoms with Crippen molar-refractivity contribution in [1.29, 1.82) is 0 Å². The van der Waals surface area contributed by atoms with Crippen molar-refractivity contribution in [2.45, 2.75) is 20.3 Å². The lowest BCUT2D eigenvalue weighted by molar-refractivity contribution is -0.116. The normalized spacial score (nSPS) is 12.6. The molecule has 5 nitrogen and oxygen atoms in total. The molecule has 5 heteroatoms. The Morgan fingerprint density at radius 2 is 1.50 bits per heavy atom. The Kier molecular flexibility index (Phi) is 3.64. The monoisotopic (exact) mass is 322 g/mol. The number of carbonyl (C=O) groups is 4. The lowest BCUT2D eigenvalue weighted by atomic mass is 9.78. The summed E-state index contributed by atoms with van der Waals surface area (Å²) in [4.78, 5) is 49.2. The fourth-order valence-electron chi connectivity index (χ4n) is 3.14. The van der Waals surface area contributed by atoms with E-state index in [1.54, 1.807) is 12.1 Å². The standard InChI is InChI=1S/C19H14O5/c1-9(20)7-11-8-14(22)16-17(15(11)10(2)21)19(24)13-6-4-3-5-12(13)18(16)23/h3-6,8,22H,7H2,1-2H3. The Labute approximate surface area is 137 Å². The number of hydrogen-bond acceptors (Lipinski definition) is 5. The van der Waals surface area contributed by atoms with Gasteiger partial charge < -0.3 is 5.11 Å². The summed E-state index contributed by atoms with van der Waals surface area (Å²) >= 11 is 0. The van der Waals surface area contributed by atoms with Crippen LogP contribution in [0.2, 0.25) is 0 Å². The summed E-state index contributed by atoms with van der Waals surface area (Å²) in [6.07, 6.45) is -0.0983. The molecule has 24 heavy (non-hydrogen) atoms. The highest BCUT2D eigenvalue weighted by Crippen LogP contribution is 2.37. The SMILES string of the molecule is CC(=O)Cc1cc(O)c2c(c1C(C)=O)C(=O)c1ccccc1C2=O.